The monoisotopic (exact) mass is 377 g/mol. The van der Waals surface area contributed by atoms with Gasteiger partial charge < -0.3 is 10.2 Å². The summed E-state index contributed by atoms with van der Waals surface area (Å²) in [6.07, 6.45) is 16.1. The van der Waals surface area contributed by atoms with Crippen LogP contribution in [0.5, 0.6) is 0 Å². The van der Waals surface area contributed by atoms with Gasteiger partial charge in [0, 0.05) is 19.4 Å². The van der Waals surface area contributed by atoms with Crippen LogP contribution in [0.3, 0.4) is 0 Å². The van der Waals surface area contributed by atoms with Crippen LogP contribution in [0.1, 0.15) is 83.5 Å². The molecule has 0 bridgehead atoms. The number of Topliss-reactive ketones (excluding diaryl/α,β-unsaturated/α-hetero) is 1. The molecule has 3 aliphatic rings. The zero-order valence-electron chi connectivity index (χ0n) is 16.4. The van der Waals surface area contributed by atoms with E-state index >= 15 is 0 Å². The van der Waals surface area contributed by atoms with Gasteiger partial charge in [-0.1, -0.05) is 25.0 Å². The number of aliphatic hydroxyl groups excluding tert-OH is 1. The summed E-state index contributed by atoms with van der Waals surface area (Å²) in [6, 6.07) is -0.211. The molecular formula is C22H35NO4. The number of carbonyl (C=O) groups excluding carboxylic acids is 1. The van der Waals surface area contributed by atoms with Crippen molar-refractivity contribution < 1.29 is 19.8 Å². The second-order valence-electron chi connectivity index (χ2n) is 8.98. The Morgan fingerprint density at radius 2 is 2.04 bits per heavy atom. The van der Waals surface area contributed by atoms with Crippen molar-refractivity contribution >= 4 is 11.8 Å². The van der Waals surface area contributed by atoms with Crippen LogP contribution in [-0.4, -0.2) is 45.7 Å². The summed E-state index contributed by atoms with van der Waals surface area (Å²) >= 11 is 0. The normalized spacial score (nSPS) is 26.0. The van der Waals surface area contributed by atoms with Crippen LogP contribution in [0.4, 0.5) is 0 Å². The van der Waals surface area contributed by atoms with E-state index in [1.807, 2.05) is 17.1 Å². The summed E-state index contributed by atoms with van der Waals surface area (Å²) in [5, 5.41) is 19.3. The number of carbonyl (C=O) groups is 2. The van der Waals surface area contributed by atoms with E-state index in [-0.39, 0.29) is 18.2 Å². The molecule has 152 valence electrons. The third-order valence-electron chi connectivity index (χ3n) is 6.60. The van der Waals surface area contributed by atoms with Crippen LogP contribution in [0.15, 0.2) is 12.2 Å². The molecule has 1 saturated heterocycles. The average molecular weight is 378 g/mol. The highest BCUT2D eigenvalue weighted by Gasteiger charge is 2.45. The van der Waals surface area contributed by atoms with Crippen molar-refractivity contribution in [2.24, 2.45) is 11.3 Å². The molecule has 0 amide bonds. The molecule has 2 N–H and O–H groups in total. The highest BCUT2D eigenvalue weighted by molar-refractivity contribution is 5.86. The molecule has 27 heavy (non-hydrogen) atoms. The van der Waals surface area contributed by atoms with E-state index in [9.17, 15) is 14.7 Å². The molecule has 0 aromatic carbocycles. The fraction of sp³-hybridized carbons (Fsp3) is 0.818. The molecule has 0 aromatic rings. The number of hydrogen-bond donors (Lipinski definition) is 2. The Morgan fingerprint density at radius 1 is 1.26 bits per heavy atom. The van der Waals surface area contributed by atoms with Crippen LogP contribution in [0.25, 0.3) is 0 Å². The Morgan fingerprint density at radius 3 is 2.70 bits per heavy atom. The van der Waals surface area contributed by atoms with Gasteiger partial charge in [0.05, 0.1) is 6.04 Å². The molecular weight excluding hydrogens is 342 g/mol. The smallest absolute Gasteiger partial charge is 0.303 e. The van der Waals surface area contributed by atoms with E-state index in [0.29, 0.717) is 31.2 Å². The van der Waals surface area contributed by atoms with E-state index in [2.05, 4.69) is 0 Å². The van der Waals surface area contributed by atoms with Crippen molar-refractivity contribution in [2.75, 3.05) is 6.54 Å². The lowest BCUT2D eigenvalue weighted by Crippen LogP contribution is -2.41. The Bertz CT molecular complexity index is 551. The second-order valence-corrected chi connectivity index (χ2v) is 8.98. The van der Waals surface area contributed by atoms with Gasteiger partial charge in [-0.3, -0.25) is 14.5 Å². The summed E-state index contributed by atoms with van der Waals surface area (Å²) in [6.45, 7) is 0.657. The van der Waals surface area contributed by atoms with Crippen LogP contribution >= 0.6 is 0 Å². The minimum Gasteiger partial charge on any atom is -0.481 e. The van der Waals surface area contributed by atoms with Crippen molar-refractivity contribution in [3.05, 3.63) is 12.2 Å². The maximum absolute atomic E-state index is 12.2. The number of hydrogen-bond acceptors (Lipinski definition) is 4. The first-order valence-electron chi connectivity index (χ1n) is 10.8. The van der Waals surface area contributed by atoms with E-state index in [1.54, 1.807) is 0 Å². The molecule has 0 aromatic heterocycles. The number of rotatable bonds is 13. The summed E-state index contributed by atoms with van der Waals surface area (Å²) < 4.78 is 0. The molecule has 3 fully saturated rings. The molecule has 1 heterocycles. The van der Waals surface area contributed by atoms with Gasteiger partial charge in [0.15, 0.2) is 5.78 Å². The number of aliphatic carboxylic acids is 1. The summed E-state index contributed by atoms with van der Waals surface area (Å²) in [5.41, 5.74) is 0.597. The van der Waals surface area contributed by atoms with Crippen molar-refractivity contribution in [1.82, 2.24) is 4.90 Å². The number of ketones is 1. The third-order valence-corrected chi connectivity index (χ3v) is 6.60. The number of carboxylic acid groups (broad SMARTS) is 1. The number of carboxylic acids is 1. The van der Waals surface area contributed by atoms with E-state index in [1.165, 1.54) is 38.5 Å². The predicted octanol–water partition coefficient (Wildman–Crippen LogP) is 3.90. The molecule has 0 radical (unpaired) electrons. The molecule has 2 atom stereocenters. The van der Waals surface area contributed by atoms with Crippen molar-refractivity contribution in [2.45, 2.75) is 95.7 Å². The lowest BCUT2D eigenvalue weighted by Gasteiger charge is -2.28. The minimum atomic E-state index is -0.770. The zero-order chi connectivity index (χ0) is 19.3. The van der Waals surface area contributed by atoms with Gasteiger partial charge in [0.2, 0.25) is 0 Å². The van der Waals surface area contributed by atoms with Gasteiger partial charge in [-0.25, -0.2) is 0 Å². The zero-order valence-corrected chi connectivity index (χ0v) is 16.4. The van der Waals surface area contributed by atoms with Gasteiger partial charge in [-0.05, 0) is 69.1 Å². The number of unbranched alkanes of at least 4 members (excludes halogenated alkanes) is 1. The predicted molar refractivity (Wildman–Crippen MR) is 104 cm³/mol. The first kappa shape index (κ1) is 20.5. The molecule has 5 heteroatoms. The highest BCUT2D eigenvalue weighted by Crippen LogP contribution is 2.58. The van der Waals surface area contributed by atoms with E-state index < -0.39 is 12.2 Å². The molecule has 2 aliphatic carbocycles. The summed E-state index contributed by atoms with van der Waals surface area (Å²) in [4.78, 5) is 24.7. The van der Waals surface area contributed by atoms with E-state index in [0.717, 1.165) is 25.2 Å². The van der Waals surface area contributed by atoms with Gasteiger partial charge in [0.25, 0.3) is 0 Å². The van der Waals surface area contributed by atoms with Crippen LogP contribution in [0, 0.1) is 11.3 Å². The van der Waals surface area contributed by atoms with Gasteiger partial charge in [-0.15, -0.1) is 0 Å². The Balaban J connectivity index is 1.37. The maximum Gasteiger partial charge on any atom is 0.303 e. The van der Waals surface area contributed by atoms with Crippen molar-refractivity contribution in [3.8, 4) is 0 Å². The lowest BCUT2D eigenvalue weighted by atomic mass is 9.92. The van der Waals surface area contributed by atoms with Crippen LogP contribution in [-0.2, 0) is 9.59 Å². The van der Waals surface area contributed by atoms with Crippen molar-refractivity contribution in [1.29, 1.82) is 0 Å². The molecule has 3 rings (SSSR count). The van der Waals surface area contributed by atoms with Crippen molar-refractivity contribution in [3.63, 3.8) is 0 Å². The van der Waals surface area contributed by atoms with Gasteiger partial charge >= 0.3 is 5.97 Å². The first-order chi connectivity index (χ1) is 13.0. The molecule has 1 aliphatic heterocycles. The summed E-state index contributed by atoms with van der Waals surface area (Å²) in [7, 11) is 0. The van der Waals surface area contributed by atoms with Gasteiger partial charge in [0.1, 0.15) is 6.23 Å². The largest absolute Gasteiger partial charge is 0.481 e. The average Bonchev–Trinajstić information content (AvgIpc) is 3.54. The quantitative estimate of drug-likeness (QED) is 0.376. The number of aliphatic hydroxyl groups is 1. The standard InChI is InChI=1S/C22H35NO4/c24-19-11-15-23(18(19)6-3-1-2-4-8-21(26)27)20(25)7-5-12-22(13-14-22)16-17-9-10-17/h1,3,17-18,20,25H,2,4-16H2,(H,26,27)/b3-1-. The number of allylic oxidation sites excluding steroid dienone is 1. The van der Waals surface area contributed by atoms with E-state index in [4.69, 9.17) is 5.11 Å². The minimum absolute atomic E-state index is 0.180. The topological polar surface area (TPSA) is 77.8 Å². The number of likely N-dealkylation sites (tertiary alicyclic amines) is 1. The Kier molecular flexibility index (Phi) is 7.10. The summed E-state index contributed by atoms with van der Waals surface area (Å²) in [5.74, 6) is 0.436. The SMILES string of the molecule is O=C(O)CCC/C=C\CC1C(=O)CCN1C(O)CCCC1(CC2CC2)CC1. The lowest BCUT2D eigenvalue weighted by molar-refractivity contribution is -0.137. The Hall–Kier alpha value is -1.20. The van der Waals surface area contributed by atoms with Crippen LogP contribution in [0.2, 0.25) is 0 Å². The molecule has 5 nitrogen and oxygen atoms in total. The fourth-order valence-electron chi connectivity index (χ4n) is 4.58. The third kappa shape index (κ3) is 6.42. The first-order valence-corrected chi connectivity index (χ1v) is 10.8. The van der Waals surface area contributed by atoms with Crippen LogP contribution < -0.4 is 0 Å². The second kappa shape index (κ2) is 9.33. The molecule has 2 saturated carbocycles. The molecule has 2 unspecified atom stereocenters. The molecule has 0 spiro atoms. The van der Waals surface area contributed by atoms with Gasteiger partial charge in [-0.2, -0.15) is 0 Å². The Labute approximate surface area is 162 Å². The maximum atomic E-state index is 12.2. The highest BCUT2D eigenvalue weighted by atomic mass is 16.4. The number of nitrogens with zero attached hydrogens (tertiary/aromatic N) is 1. The fourth-order valence-corrected chi connectivity index (χ4v) is 4.58.